The second-order valence-electron chi connectivity index (χ2n) is 9.52. The minimum atomic E-state index is -4.72. The maximum Gasteiger partial charge on any atom is 0.422 e. The largest absolute Gasteiger partial charge is 0.478 e. The zero-order valence-electron chi connectivity index (χ0n) is 21.5. The summed E-state index contributed by atoms with van der Waals surface area (Å²) in [5, 5.41) is 11.9. The van der Waals surface area contributed by atoms with E-state index >= 15 is 13.2 Å². The molecule has 3 aromatic rings. The van der Waals surface area contributed by atoms with Gasteiger partial charge in [-0.3, -0.25) is 0 Å². The summed E-state index contributed by atoms with van der Waals surface area (Å²) < 4.78 is 91.9. The standard InChI is InChI=1S/C25H24F4N4O6S/c1-12-5-6-17(16(26)9-12)31-21-15(23(34)35)11-14(18(27)20(21)29)10-13-7-8-30-22(19(13)28)32-40(37,38)33-24(36)39-25(2,3)4/h5-9,11,31H,10H2,1-4H3,(H,30,32)(H,33,36)(H,34,35). The van der Waals surface area contributed by atoms with Crippen LogP contribution in [0.15, 0.2) is 36.5 Å². The van der Waals surface area contributed by atoms with Crippen molar-refractivity contribution in [3.63, 3.8) is 0 Å². The van der Waals surface area contributed by atoms with Crippen molar-refractivity contribution in [2.45, 2.75) is 39.7 Å². The molecule has 0 bridgehead atoms. The van der Waals surface area contributed by atoms with E-state index in [0.29, 0.717) is 5.56 Å². The molecule has 0 aliphatic carbocycles. The Labute approximate surface area is 226 Å². The normalized spacial score (nSPS) is 11.6. The zero-order chi connectivity index (χ0) is 30.0. The summed E-state index contributed by atoms with van der Waals surface area (Å²) in [5.41, 5.74) is -3.43. The summed E-state index contributed by atoms with van der Waals surface area (Å²) in [6, 6.07) is 5.55. The smallest absolute Gasteiger partial charge is 0.422 e. The van der Waals surface area contributed by atoms with Crippen LogP contribution in [0.4, 0.5) is 39.5 Å². The van der Waals surface area contributed by atoms with Crippen LogP contribution in [0.1, 0.15) is 47.8 Å². The van der Waals surface area contributed by atoms with E-state index in [0.717, 1.165) is 24.4 Å². The number of hydrogen-bond acceptors (Lipinski definition) is 7. The molecular weight excluding hydrogens is 560 g/mol. The number of nitrogens with one attached hydrogen (secondary N) is 3. The monoisotopic (exact) mass is 584 g/mol. The van der Waals surface area contributed by atoms with Crippen LogP contribution >= 0.6 is 0 Å². The summed E-state index contributed by atoms with van der Waals surface area (Å²) in [6.45, 7) is 6.05. The first kappa shape index (κ1) is 30.1. The Balaban J connectivity index is 1.93. The minimum Gasteiger partial charge on any atom is -0.478 e. The first-order chi connectivity index (χ1) is 18.5. The van der Waals surface area contributed by atoms with Crippen LogP contribution in [0.5, 0.6) is 0 Å². The van der Waals surface area contributed by atoms with Gasteiger partial charge in [0, 0.05) is 12.6 Å². The molecule has 0 fully saturated rings. The van der Waals surface area contributed by atoms with Gasteiger partial charge in [-0.2, -0.15) is 8.42 Å². The Morgan fingerprint density at radius 1 is 1.00 bits per heavy atom. The number of rotatable bonds is 8. The molecule has 214 valence electrons. The molecular formula is C25H24F4N4O6S. The third-order valence-electron chi connectivity index (χ3n) is 5.09. The van der Waals surface area contributed by atoms with E-state index in [1.54, 1.807) is 11.6 Å². The number of carbonyl (C=O) groups is 2. The van der Waals surface area contributed by atoms with Crippen LogP contribution in [0.25, 0.3) is 0 Å². The number of hydrogen-bond donors (Lipinski definition) is 4. The van der Waals surface area contributed by atoms with Crippen LogP contribution < -0.4 is 14.8 Å². The number of ether oxygens (including phenoxy) is 1. The second-order valence-corrected chi connectivity index (χ2v) is 10.9. The van der Waals surface area contributed by atoms with Crippen LogP contribution in [0.2, 0.25) is 0 Å². The molecule has 0 radical (unpaired) electrons. The molecule has 3 rings (SSSR count). The van der Waals surface area contributed by atoms with Gasteiger partial charge in [0.1, 0.15) is 11.4 Å². The molecule has 15 heteroatoms. The third-order valence-corrected chi connectivity index (χ3v) is 5.99. The lowest BCUT2D eigenvalue weighted by atomic mass is 10.00. The fraction of sp³-hybridized carbons (Fsp3) is 0.240. The second kappa shape index (κ2) is 11.4. The van der Waals surface area contributed by atoms with Crippen LogP contribution in [-0.2, 0) is 21.4 Å². The van der Waals surface area contributed by atoms with Crippen molar-refractivity contribution < 1.29 is 45.4 Å². The predicted octanol–water partition coefficient (Wildman–Crippen LogP) is 5.16. The fourth-order valence-electron chi connectivity index (χ4n) is 3.41. The molecule has 1 heterocycles. The Hall–Kier alpha value is -4.40. The molecule has 0 aliphatic rings. The molecule has 0 unspecified atom stereocenters. The van der Waals surface area contributed by atoms with Gasteiger partial charge in [-0.25, -0.2) is 41.6 Å². The number of nitrogens with zero attached hydrogens (tertiary/aromatic N) is 1. The van der Waals surface area contributed by atoms with Crippen LogP contribution in [0.3, 0.4) is 0 Å². The molecule has 2 aromatic carbocycles. The summed E-state index contributed by atoms with van der Waals surface area (Å²) >= 11 is 0. The lowest BCUT2D eigenvalue weighted by Gasteiger charge is -2.19. The summed E-state index contributed by atoms with van der Waals surface area (Å²) in [5.74, 6) is -7.93. The molecule has 10 nitrogen and oxygen atoms in total. The van der Waals surface area contributed by atoms with E-state index in [9.17, 15) is 27.5 Å². The van der Waals surface area contributed by atoms with Crippen molar-refractivity contribution in [3.8, 4) is 0 Å². The van der Waals surface area contributed by atoms with Gasteiger partial charge < -0.3 is 15.2 Å². The summed E-state index contributed by atoms with van der Waals surface area (Å²) in [6.07, 6.45) is -1.13. The van der Waals surface area contributed by atoms with Crippen LogP contribution in [-0.4, -0.2) is 36.2 Å². The Morgan fingerprint density at radius 3 is 2.27 bits per heavy atom. The van der Waals surface area contributed by atoms with Gasteiger partial charge in [0.15, 0.2) is 23.3 Å². The number of benzene rings is 2. The van der Waals surface area contributed by atoms with Crippen molar-refractivity contribution in [1.82, 2.24) is 9.71 Å². The number of amides is 1. The highest BCUT2D eigenvalue weighted by molar-refractivity contribution is 7.91. The number of anilines is 3. The SMILES string of the molecule is Cc1ccc(Nc2c(C(=O)O)cc(Cc3ccnc(NS(=O)(=O)NC(=O)OC(C)(C)C)c3F)c(F)c2F)c(F)c1. The molecule has 1 amide bonds. The highest BCUT2D eigenvalue weighted by Gasteiger charge is 2.26. The van der Waals surface area contributed by atoms with E-state index < -0.39 is 85.8 Å². The highest BCUT2D eigenvalue weighted by Crippen LogP contribution is 2.32. The van der Waals surface area contributed by atoms with Crippen molar-refractivity contribution in [3.05, 3.63) is 82.1 Å². The average molecular weight is 585 g/mol. The van der Waals surface area contributed by atoms with Gasteiger partial charge in [0.2, 0.25) is 0 Å². The lowest BCUT2D eigenvalue weighted by Crippen LogP contribution is -2.39. The van der Waals surface area contributed by atoms with Crippen molar-refractivity contribution in [1.29, 1.82) is 0 Å². The molecule has 0 spiro atoms. The van der Waals surface area contributed by atoms with E-state index in [-0.39, 0.29) is 5.69 Å². The number of halogens is 4. The van der Waals surface area contributed by atoms with Crippen molar-refractivity contribution in [2.75, 3.05) is 10.0 Å². The van der Waals surface area contributed by atoms with Gasteiger partial charge in [0.05, 0.1) is 16.9 Å². The third kappa shape index (κ3) is 7.37. The van der Waals surface area contributed by atoms with Gasteiger partial charge in [-0.1, -0.05) is 6.07 Å². The number of aromatic nitrogens is 1. The first-order valence-corrected chi connectivity index (χ1v) is 12.9. The maximum absolute atomic E-state index is 15.1. The Morgan fingerprint density at radius 2 is 1.68 bits per heavy atom. The topological polar surface area (TPSA) is 147 Å². The number of pyridine rings is 1. The van der Waals surface area contributed by atoms with E-state index in [2.05, 4.69) is 10.3 Å². The zero-order valence-corrected chi connectivity index (χ0v) is 22.3. The maximum atomic E-state index is 15.1. The average Bonchev–Trinajstić information content (AvgIpc) is 2.80. The fourth-order valence-corrected chi connectivity index (χ4v) is 4.12. The minimum absolute atomic E-state index is 0.309. The Bertz CT molecular complexity index is 1590. The molecule has 4 N–H and O–H groups in total. The number of carboxylic acid groups (broad SMARTS) is 1. The quantitative estimate of drug-likeness (QED) is 0.266. The number of carboxylic acids is 1. The Kier molecular flexibility index (Phi) is 8.57. The lowest BCUT2D eigenvalue weighted by molar-refractivity contribution is 0.0569. The number of carbonyl (C=O) groups excluding carboxylic acids is 1. The molecule has 1 aromatic heterocycles. The molecule has 0 saturated carbocycles. The summed E-state index contributed by atoms with van der Waals surface area (Å²) in [4.78, 5) is 27.2. The van der Waals surface area contributed by atoms with E-state index in [1.165, 1.54) is 37.6 Å². The first-order valence-electron chi connectivity index (χ1n) is 11.4. The highest BCUT2D eigenvalue weighted by atomic mass is 32.2. The number of aromatic carboxylic acids is 1. The van der Waals surface area contributed by atoms with Crippen molar-refractivity contribution in [2.24, 2.45) is 0 Å². The van der Waals surface area contributed by atoms with Gasteiger partial charge in [0.25, 0.3) is 0 Å². The van der Waals surface area contributed by atoms with Crippen molar-refractivity contribution >= 4 is 39.5 Å². The molecule has 0 saturated heterocycles. The van der Waals surface area contributed by atoms with E-state index in [4.69, 9.17) is 4.74 Å². The molecule has 40 heavy (non-hydrogen) atoms. The number of aryl methyl sites for hydroxylation is 1. The van der Waals surface area contributed by atoms with Gasteiger partial charge >= 0.3 is 22.3 Å². The molecule has 0 aliphatic heterocycles. The summed E-state index contributed by atoms with van der Waals surface area (Å²) in [7, 11) is -4.72. The van der Waals surface area contributed by atoms with Gasteiger partial charge in [-0.05, 0) is 68.7 Å². The van der Waals surface area contributed by atoms with Crippen LogP contribution in [0, 0.1) is 30.2 Å². The van der Waals surface area contributed by atoms with Gasteiger partial charge in [-0.15, -0.1) is 0 Å². The predicted molar refractivity (Wildman–Crippen MR) is 137 cm³/mol. The molecule has 0 atom stereocenters. The van der Waals surface area contributed by atoms with E-state index in [1.807, 2.05) is 0 Å².